The average molecular weight is 326 g/mol. The standard InChI is InChI=1S/C15H19FN2O3S/c1-10-9-22(20,21)7-6-18(10)15(19)17-14-5-3-11-2-4-12(16)8-13(11)14/h2,4,8,10,14H,3,5-7,9H2,1H3,(H,17,19)/t10-,14-/m0/s1. The van der Waals surface area contributed by atoms with E-state index in [-0.39, 0.29) is 42.0 Å². The lowest BCUT2D eigenvalue weighted by atomic mass is 10.1. The van der Waals surface area contributed by atoms with Crippen molar-refractivity contribution in [2.75, 3.05) is 18.1 Å². The van der Waals surface area contributed by atoms with Gasteiger partial charge < -0.3 is 10.2 Å². The van der Waals surface area contributed by atoms with Crippen molar-refractivity contribution in [2.45, 2.75) is 31.8 Å². The average Bonchev–Trinajstić information content (AvgIpc) is 2.80. The van der Waals surface area contributed by atoms with Crippen molar-refractivity contribution >= 4 is 15.9 Å². The molecule has 1 aliphatic carbocycles. The van der Waals surface area contributed by atoms with Crippen molar-refractivity contribution in [1.29, 1.82) is 0 Å². The van der Waals surface area contributed by atoms with Crippen molar-refractivity contribution in [3.8, 4) is 0 Å². The minimum atomic E-state index is -3.05. The largest absolute Gasteiger partial charge is 0.331 e. The molecule has 1 N–H and O–H groups in total. The number of nitrogens with zero attached hydrogens (tertiary/aromatic N) is 1. The van der Waals surface area contributed by atoms with Crippen LogP contribution in [-0.2, 0) is 16.3 Å². The second kappa shape index (κ2) is 5.53. The first kappa shape index (κ1) is 15.3. The quantitative estimate of drug-likeness (QED) is 0.853. The highest BCUT2D eigenvalue weighted by Gasteiger charge is 2.33. The number of urea groups is 1. The Bertz CT molecular complexity index is 705. The molecule has 2 aliphatic rings. The zero-order valence-electron chi connectivity index (χ0n) is 12.4. The van der Waals surface area contributed by atoms with E-state index in [0.717, 1.165) is 24.0 Å². The number of halogens is 1. The van der Waals surface area contributed by atoms with Gasteiger partial charge >= 0.3 is 6.03 Å². The fraction of sp³-hybridized carbons (Fsp3) is 0.533. The summed E-state index contributed by atoms with van der Waals surface area (Å²) in [5, 5.41) is 2.92. The van der Waals surface area contributed by atoms with Crippen molar-refractivity contribution in [3.05, 3.63) is 35.1 Å². The number of rotatable bonds is 1. The number of aryl methyl sites for hydroxylation is 1. The second-order valence-corrected chi connectivity index (χ2v) is 8.27. The van der Waals surface area contributed by atoms with Gasteiger partial charge in [0, 0.05) is 12.6 Å². The smallest absolute Gasteiger partial charge is 0.318 e. The van der Waals surface area contributed by atoms with Gasteiger partial charge in [0.25, 0.3) is 0 Å². The van der Waals surface area contributed by atoms with Crippen LogP contribution in [0.1, 0.15) is 30.5 Å². The molecule has 7 heteroatoms. The van der Waals surface area contributed by atoms with Gasteiger partial charge in [0.1, 0.15) is 5.82 Å². The second-order valence-electron chi connectivity index (χ2n) is 6.04. The van der Waals surface area contributed by atoms with Gasteiger partial charge in [-0.3, -0.25) is 0 Å². The molecule has 0 bridgehead atoms. The highest BCUT2D eigenvalue weighted by molar-refractivity contribution is 7.91. The van der Waals surface area contributed by atoms with Gasteiger partial charge in [0.2, 0.25) is 0 Å². The van der Waals surface area contributed by atoms with Crippen molar-refractivity contribution in [1.82, 2.24) is 10.2 Å². The Labute approximate surface area is 129 Å². The molecule has 1 aromatic carbocycles. The molecule has 3 rings (SSSR count). The maximum atomic E-state index is 13.4. The number of carbonyl (C=O) groups excluding carboxylic acids is 1. The molecule has 2 atom stereocenters. The van der Waals surface area contributed by atoms with Crippen LogP contribution in [0.4, 0.5) is 9.18 Å². The molecule has 120 valence electrons. The number of hydrogen-bond donors (Lipinski definition) is 1. The molecule has 0 spiro atoms. The summed E-state index contributed by atoms with van der Waals surface area (Å²) in [5.41, 5.74) is 1.88. The third kappa shape index (κ3) is 2.95. The maximum Gasteiger partial charge on any atom is 0.318 e. The van der Waals surface area contributed by atoms with Gasteiger partial charge in [0.05, 0.1) is 17.5 Å². The van der Waals surface area contributed by atoms with E-state index in [1.807, 2.05) is 0 Å². The van der Waals surface area contributed by atoms with Gasteiger partial charge in [0.15, 0.2) is 9.84 Å². The first-order valence-electron chi connectivity index (χ1n) is 7.41. The summed E-state index contributed by atoms with van der Waals surface area (Å²) in [6.07, 6.45) is 1.55. The molecule has 1 saturated heterocycles. The summed E-state index contributed by atoms with van der Waals surface area (Å²) >= 11 is 0. The number of carbonyl (C=O) groups is 1. The highest BCUT2D eigenvalue weighted by atomic mass is 32.2. The Hall–Kier alpha value is -1.63. The molecular formula is C15H19FN2O3S. The number of amides is 2. The summed E-state index contributed by atoms with van der Waals surface area (Å²) < 4.78 is 36.5. The summed E-state index contributed by atoms with van der Waals surface area (Å²) in [5.74, 6) is -0.311. The first-order chi connectivity index (χ1) is 10.4. The minimum Gasteiger partial charge on any atom is -0.331 e. The molecule has 5 nitrogen and oxygen atoms in total. The Morgan fingerprint density at radius 2 is 2.18 bits per heavy atom. The SMILES string of the molecule is C[C@H]1CS(=O)(=O)CCN1C(=O)N[C@H]1CCc2ccc(F)cc21. The van der Waals surface area contributed by atoms with E-state index in [4.69, 9.17) is 0 Å². The van der Waals surface area contributed by atoms with Crippen LogP contribution in [0.25, 0.3) is 0 Å². The van der Waals surface area contributed by atoms with E-state index in [1.165, 1.54) is 12.1 Å². The number of nitrogens with one attached hydrogen (secondary N) is 1. The lowest BCUT2D eigenvalue weighted by Gasteiger charge is -2.34. The molecule has 22 heavy (non-hydrogen) atoms. The van der Waals surface area contributed by atoms with E-state index in [1.54, 1.807) is 17.9 Å². The predicted molar refractivity (Wildman–Crippen MR) is 80.8 cm³/mol. The maximum absolute atomic E-state index is 13.4. The van der Waals surface area contributed by atoms with Crippen LogP contribution in [0.5, 0.6) is 0 Å². The molecule has 1 aliphatic heterocycles. The van der Waals surface area contributed by atoms with Crippen LogP contribution >= 0.6 is 0 Å². The Kier molecular flexibility index (Phi) is 3.84. The number of hydrogen-bond acceptors (Lipinski definition) is 3. The minimum absolute atomic E-state index is 0.000637. The topological polar surface area (TPSA) is 66.5 Å². The van der Waals surface area contributed by atoms with Crippen molar-refractivity contribution in [2.24, 2.45) is 0 Å². The Balaban J connectivity index is 1.70. The molecule has 1 fully saturated rings. The Morgan fingerprint density at radius 1 is 1.41 bits per heavy atom. The van der Waals surface area contributed by atoms with Crippen LogP contribution in [0.15, 0.2) is 18.2 Å². The molecule has 1 aromatic rings. The van der Waals surface area contributed by atoms with E-state index < -0.39 is 9.84 Å². The normalized spacial score (nSPS) is 26.5. The zero-order valence-corrected chi connectivity index (χ0v) is 13.2. The molecule has 0 radical (unpaired) electrons. The van der Waals surface area contributed by atoms with E-state index in [0.29, 0.717) is 0 Å². The van der Waals surface area contributed by atoms with Crippen molar-refractivity contribution in [3.63, 3.8) is 0 Å². The van der Waals surface area contributed by atoms with Crippen molar-refractivity contribution < 1.29 is 17.6 Å². The first-order valence-corrected chi connectivity index (χ1v) is 9.24. The van der Waals surface area contributed by atoms with Crippen LogP contribution in [0.2, 0.25) is 0 Å². The molecule has 0 saturated carbocycles. The van der Waals surface area contributed by atoms with Gasteiger partial charge in [-0.15, -0.1) is 0 Å². The van der Waals surface area contributed by atoms with Crippen LogP contribution < -0.4 is 5.32 Å². The number of fused-ring (bicyclic) bond motifs is 1. The molecule has 2 amide bonds. The van der Waals surface area contributed by atoms with Gasteiger partial charge in [-0.1, -0.05) is 6.07 Å². The zero-order chi connectivity index (χ0) is 15.9. The summed E-state index contributed by atoms with van der Waals surface area (Å²) in [6, 6.07) is 3.84. The van der Waals surface area contributed by atoms with Gasteiger partial charge in [-0.2, -0.15) is 0 Å². The van der Waals surface area contributed by atoms with Crippen LogP contribution in [0, 0.1) is 5.82 Å². The van der Waals surface area contributed by atoms with Gasteiger partial charge in [-0.25, -0.2) is 17.6 Å². The van der Waals surface area contributed by atoms with E-state index >= 15 is 0 Å². The Morgan fingerprint density at radius 3 is 2.91 bits per heavy atom. The van der Waals surface area contributed by atoms with Crippen LogP contribution in [-0.4, -0.2) is 43.4 Å². The third-order valence-corrected chi connectivity index (χ3v) is 6.21. The fourth-order valence-corrected chi connectivity index (χ4v) is 4.81. The number of sulfone groups is 1. The predicted octanol–water partition coefficient (Wildman–Crippen LogP) is 1.64. The van der Waals surface area contributed by atoms with E-state index in [9.17, 15) is 17.6 Å². The number of benzene rings is 1. The summed E-state index contributed by atoms with van der Waals surface area (Å²) in [6.45, 7) is 1.94. The molecular weight excluding hydrogens is 307 g/mol. The highest BCUT2D eigenvalue weighted by Crippen LogP contribution is 2.31. The lowest BCUT2D eigenvalue weighted by Crippen LogP contribution is -2.53. The van der Waals surface area contributed by atoms with Gasteiger partial charge in [-0.05, 0) is 43.0 Å². The molecule has 0 aromatic heterocycles. The summed E-state index contributed by atoms with van der Waals surface area (Å²) in [4.78, 5) is 14.0. The molecule has 0 unspecified atom stereocenters. The van der Waals surface area contributed by atoms with E-state index in [2.05, 4.69) is 5.32 Å². The van der Waals surface area contributed by atoms with Crippen LogP contribution in [0.3, 0.4) is 0 Å². The summed E-state index contributed by atoms with van der Waals surface area (Å²) in [7, 11) is -3.05. The molecule has 1 heterocycles. The third-order valence-electron chi connectivity index (χ3n) is 4.41. The lowest BCUT2D eigenvalue weighted by molar-refractivity contribution is 0.181. The monoisotopic (exact) mass is 326 g/mol. The fourth-order valence-electron chi connectivity index (χ4n) is 3.26.